The van der Waals surface area contributed by atoms with Gasteiger partial charge in [0.15, 0.2) is 5.65 Å². The summed E-state index contributed by atoms with van der Waals surface area (Å²) in [6.45, 7) is 0.581. The predicted octanol–water partition coefficient (Wildman–Crippen LogP) is 3.07. The summed E-state index contributed by atoms with van der Waals surface area (Å²) in [5, 5.41) is 9.60. The summed E-state index contributed by atoms with van der Waals surface area (Å²) in [4.78, 5) is 13.2. The monoisotopic (exact) mass is 353 g/mol. The Balaban J connectivity index is 1.54. The molecule has 0 aliphatic carbocycles. The molecule has 0 atom stereocenters. The first kappa shape index (κ1) is 15.4. The minimum atomic E-state index is 0.484. The molecule has 0 aliphatic heterocycles. The zero-order chi connectivity index (χ0) is 18.2. The lowest BCUT2D eigenvalue weighted by molar-refractivity contribution is 0.665. The average Bonchev–Trinajstić information content (AvgIpc) is 3.10. The molecule has 5 aromatic rings. The molecule has 2 N–H and O–H groups in total. The number of benzene rings is 1. The molecule has 7 nitrogen and oxygen atoms in total. The van der Waals surface area contributed by atoms with Crippen molar-refractivity contribution in [2.45, 2.75) is 6.54 Å². The number of anilines is 1. The highest BCUT2D eigenvalue weighted by molar-refractivity contribution is 5.79. The van der Waals surface area contributed by atoms with Crippen molar-refractivity contribution in [1.29, 1.82) is 0 Å². The maximum atomic E-state index is 5.67. The number of pyridine rings is 3. The van der Waals surface area contributed by atoms with E-state index in [0.29, 0.717) is 12.4 Å². The maximum Gasteiger partial charge on any atom is 0.179 e. The molecule has 4 aromatic heterocycles. The molecule has 0 aliphatic rings. The number of rotatable bonds is 3. The van der Waals surface area contributed by atoms with Crippen LogP contribution in [0.5, 0.6) is 0 Å². The Hall–Kier alpha value is -3.87. The van der Waals surface area contributed by atoms with Gasteiger partial charge in [-0.3, -0.25) is 4.98 Å². The summed E-state index contributed by atoms with van der Waals surface area (Å²) in [5.74, 6) is 0.484. The van der Waals surface area contributed by atoms with E-state index in [2.05, 4.69) is 38.5 Å². The molecule has 27 heavy (non-hydrogen) atoms. The van der Waals surface area contributed by atoms with Crippen molar-refractivity contribution in [3.8, 4) is 11.3 Å². The largest absolute Gasteiger partial charge is 0.384 e. The quantitative estimate of drug-likeness (QED) is 0.535. The number of nitrogens with zero attached hydrogens (tertiary/aromatic N) is 6. The summed E-state index contributed by atoms with van der Waals surface area (Å²) in [7, 11) is 0. The Morgan fingerprint density at radius 2 is 1.85 bits per heavy atom. The maximum absolute atomic E-state index is 5.67. The minimum absolute atomic E-state index is 0.484. The summed E-state index contributed by atoms with van der Waals surface area (Å²) in [6.07, 6.45) is 3.51. The topological polar surface area (TPSA) is 95.4 Å². The van der Waals surface area contributed by atoms with E-state index in [-0.39, 0.29) is 0 Å². The van der Waals surface area contributed by atoms with Crippen LogP contribution in [0.15, 0.2) is 67.0 Å². The van der Waals surface area contributed by atoms with Crippen molar-refractivity contribution in [2.75, 3.05) is 5.73 Å². The molecule has 0 saturated heterocycles. The minimum Gasteiger partial charge on any atom is -0.384 e. The van der Waals surface area contributed by atoms with E-state index in [1.165, 1.54) is 0 Å². The van der Waals surface area contributed by atoms with Gasteiger partial charge in [-0.2, -0.15) is 0 Å². The summed E-state index contributed by atoms with van der Waals surface area (Å²) in [5.41, 5.74) is 10.9. The molecule has 0 saturated carbocycles. The molecule has 5 rings (SSSR count). The third kappa shape index (κ3) is 2.85. The van der Waals surface area contributed by atoms with Crippen LogP contribution in [0.4, 0.5) is 5.82 Å². The van der Waals surface area contributed by atoms with E-state index in [1.807, 2.05) is 30.3 Å². The van der Waals surface area contributed by atoms with Gasteiger partial charge < -0.3 is 5.73 Å². The highest BCUT2D eigenvalue weighted by Gasteiger charge is 2.10. The van der Waals surface area contributed by atoms with E-state index in [1.54, 1.807) is 23.1 Å². The fourth-order valence-corrected chi connectivity index (χ4v) is 3.07. The number of nitrogen functional groups attached to an aromatic ring is 1. The molecule has 0 radical (unpaired) electrons. The Labute approximate surface area is 154 Å². The van der Waals surface area contributed by atoms with Crippen LogP contribution in [-0.2, 0) is 6.54 Å². The predicted molar refractivity (Wildman–Crippen MR) is 104 cm³/mol. The second kappa shape index (κ2) is 6.14. The highest BCUT2D eigenvalue weighted by atomic mass is 15.4. The molecule has 130 valence electrons. The second-order valence-electron chi connectivity index (χ2n) is 6.29. The molecule has 0 unspecified atom stereocenters. The molecule has 0 spiro atoms. The first-order valence-corrected chi connectivity index (χ1v) is 8.52. The van der Waals surface area contributed by atoms with E-state index in [9.17, 15) is 0 Å². The van der Waals surface area contributed by atoms with Gasteiger partial charge in [0, 0.05) is 23.3 Å². The van der Waals surface area contributed by atoms with Crippen molar-refractivity contribution in [2.24, 2.45) is 0 Å². The Kier molecular flexibility index (Phi) is 3.50. The molecule has 0 bridgehead atoms. The molecule has 0 amide bonds. The van der Waals surface area contributed by atoms with E-state index in [0.717, 1.165) is 38.9 Å². The van der Waals surface area contributed by atoms with Crippen LogP contribution in [-0.4, -0.2) is 29.9 Å². The fraction of sp³-hybridized carbons (Fsp3) is 0.0500. The van der Waals surface area contributed by atoms with Gasteiger partial charge in [-0.1, -0.05) is 17.3 Å². The summed E-state index contributed by atoms with van der Waals surface area (Å²) >= 11 is 0. The molecule has 7 heteroatoms. The second-order valence-corrected chi connectivity index (χ2v) is 6.29. The van der Waals surface area contributed by atoms with Crippen molar-refractivity contribution in [1.82, 2.24) is 29.9 Å². The molecular weight excluding hydrogens is 338 g/mol. The lowest BCUT2D eigenvalue weighted by atomic mass is 10.1. The van der Waals surface area contributed by atoms with Crippen LogP contribution in [0.2, 0.25) is 0 Å². The summed E-state index contributed by atoms with van der Waals surface area (Å²) in [6, 6.07) is 17.7. The van der Waals surface area contributed by atoms with E-state index < -0.39 is 0 Å². The number of fused-ring (bicyclic) bond motifs is 2. The number of nitrogens with two attached hydrogens (primary N) is 1. The zero-order valence-corrected chi connectivity index (χ0v) is 14.3. The van der Waals surface area contributed by atoms with Gasteiger partial charge in [0.2, 0.25) is 0 Å². The van der Waals surface area contributed by atoms with Gasteiger partial charge in [0.25, 0.3) is 0 Å². The molecule has 0 fully saturated rings. The smallest absolute Gasteiger partial charge is 0.179 e. The third-order valence-corrected chi connectivity index (χ3v) is 4.44. The summed E-state index contributed by atoms with van der Waals surface area (Å²) < 4.78 is 1.81. The number of aromatic nitrogens is 6. The number of hydrogen-bond donors (Lipinski definition) is 1. The lowest BCUT2D eigenvalue weighted by Gasteiger charge is -2.05. The van der Waals surface area contributed by atoms with E-state index >= 15 is 0 Å². The van der Waals surface area contributed by atoms with Crippen molar-refractivity contribution in [3.05, 3.63) is 72.6 Å². The van der Waals surface area contributed by atoms with Crippen molar-refractivity contribution in [3.63, 3.8) is 0 Å². The zero-order valence-electron chi connectivity index (χ0n) is 14.3. The van der Waals surface area contributed by atoms with Crippen molar-refractivity contribution >= 4 is 27.9 Å². The average molecular weight is 353 g/mol. The van der Waals surface area contributed by atoms with Gasteiger partial charge in [0.05, 0.1) is 17.8 Å². The fourth-order valence-electron chi connectivity index (χ4n) is 3.07. The Morgan fingerprint density at radius 1 is 0.926 bits per heavy atom. The highest BCUT2D eigenvalue weighted by Crippen LogP contribution is 2.21. The van der Waals surface area contributed by atoms with Gasteiger partial charge in [-0.05, 0) is 48.0 Å². The first-order valence-electron chi connectivity index (χ1n) is 8.52. The van der Waals surface area contributed by atoms with Crippen LogP contribution in [0.1, 0.15) is 5.56 Å². The standard InChI is InChI=1S/C20H15N7/c21-19-8-4-15(11-23-19)17-6-7-18-20(24-17)27(26-25-18)12-13-3-5-16-14(10-13)2-1-9-22-16/h1-11H,12H2,(H2,21,23). The van der Waals surface area contributed by atoms with Crippen LogP contribution in [0.3, 0.4) is 0 Å². The van der Waals surface area contributed by atoms with Gasteiger partial charge >= 0.3 is 0 Å². The SMILES string of the molecule is Nc1ccc(-c2ccc3nnn(Cc4ccc5ncccc5c4)c3n2)cn1. The first-order chi connectivity index (χ1) is 13.3. The third-order valence-electron chi connectivity index (χ3n) is 4.44. The van der Waals surface area contributed by atoms with Crippen LogP contribution in [0.25, 0.3) is 33.3 Å². The Bertz CT molecular complexity index is 1260. The number of hydrogen-bond acceptors (Lipinski definition) is 6. The lowest BCUT2D eigenvalue weighted by Crippen LogP contribution is -2.03. The van der Waals surface area contributed by atoms with Crippen LogP contribution >= 0.6 is 0 Å². The normalized spacial score (nSPS) is 11.3. The van der Waals surface area contributed by atoms with Gasteiger partial charge in [-0.15, -0.1) is 5.10 Å². The van der Waals surface area contributed by atoms with E-state index in [4.69, 9.17) is 10.7 Å². The van der Waals surface area contributed by atoms with Crippen molar-refractivity contribution < 1.29 is 0 Å². The molecule has 4 heterocycles. The molecular formula is C20H15N7. The van der Waals surface area contributed by atoms with Gasteiger partial charge in [0.1, 0.15) is 11.3 Å². The van der Waals surface area contributed by atoms with Gasteiger partial charge in [-0.25, -0.2) is 14.6 Å². The van der Waals surface area contributed by atoms with Crippen LogP contribution in [0, 0.1) is 0 Å². The van der Waals surface area contributed by atoms with Crippen LogP contribution < -0.4 is 5.73 Å². The molecule has 1 aromatic carbocycles. The Morgan fingerprint density at radius 3 is 2.74 bits per heavy atom.